The molecule has 1 aromatic rings. The van der Waals surface area contributed by atoms with Crippen molar-refractivity contribution < 1.29 is 9.53 Å². The van der Waals surface area contributed by atoms with Gasteiger partial charge < -0.3 is 4.74 Å². The average Bonchev–Trinajstić information content (AvgIpc) is 2.45. The third-order valence-corrected chi connectivity index (χ3v) is 5.76. The third kappa shape index (κ3) is 4.13. The predicted molar refractivity (Wildman–Crippen MR) is 90.6 cm³/mol. The molecule has 0 aliphatic carbocycles. The minimum atomic E-state index is -0.562. The Bertz CT molecular complexity index is 490. The van der Waals surface area contributed by atoms with Gasteiger partial charge in [-0.05, 0) is 44.7 Å². The summed E-state index contributed by atoms with van der Waals surface area (Å²) in [6.07, 6.45) is 2.66. The van der Waals surface area contributed by atoms with Crippen LogP contribution in [0.15, 0.2) is 41.8 Å². The lowest BCUT2D eigenvalue weighted by atomic mass is 9.66. The highest BCUT2D eigenvalue weighted by Crippen LogP contribution is 2.46. The summed E-state index contributed by atoms with van der Waals surface area (Å²) in [5.74, 6) is 0.667. The molecule has 0 radical (unpaired) electrons. The van der Waals surface area contributed by atoms with Gasteiger partial charge in [-0.3, -0.25) is 4.79 Å². The molecule has 0 aromatic heterocycles. The van der Waals surface area contributed by atoms with Crippen LogP contribution < -0.4 is 0 Å². The molecule has 0 bridgehead atoms. The Morgan fingerprint density at radius 1 is 1.29 bits per heavy atom. The Morgan fingerprint density at radius 2 is 1.86 bits per heavy atom. The van der Waals surface area contributed by atoms with Crippen molar-refractivity contribution in [1.29, 1.82) is 0 Å². The van der Waals surface area contributed by atoms with Gasteiger partial charge in [-0.25, -0.2) is 0 Å². The van der Waals surface area contributed by atoms with Gasteiger partial charge in [0.2, 0.25) is 0 Å². The number of methoxy groups -OCH3 is 1. The Labute approximate surface area is 133 Å². The van der Waals surface area contributed by atoms with Crippen LogP contribution in [0, 0.1) is 17.8 Å². The van der Waals surface area contributed by atoms with Gasteiger partial charge in [0.1, 0.15) is 0 Å². The second kappa shape index (κ2) is 7.17. The topological polar surface area (TPSA) is 26.3 Å². The van der Waals surface area contributed by atoms with Crippen molar-refractivity contribution >= 4 is 17.7 Å². The van der Waals surface area contributed by atoms with E-state index in [1.54, 1.807) is 11.8 Å². The molecule has 0 N–H and O–H groups in total. The van der Waals surface area contributed by atoms with Crippen molar-refractivity contribution in [1.82, 2.24) is 0 Å². The van der Waals surface area contributed by atoms with Gasteiger partial charge in [0.05, 0.1) is 12.5 Å². The number of hydrogen-bond donors (Lipinski definition) is 0. The molecule has 0 fully saturated rings. The number of rotatable bonds is 7. The molecule has 3 heteroatoms. The first kappa shape index (κ1) is 17.8. The highest BCUT2D eigenvalue weighted by atomic mass is 32.2. The van der Waals surface area contributed by atoms with Crippen molar-refractivity contribution in [2.45, 2.75) is 39.0 Å². The summed E-state index contributed by atoms with van der Waals surface area (Å²) in [7, 11) is 1.45. The summed E-state index contributed by atoms with van der Waals surface area (Å²) in [6.45, 7) is 12.0. The monoisotopic (exact) mass is 306 g/mol. The molecule has 0 aliphatic heterocycles. The largest absolute Gasteiger partial charge is 0.469 e. The Hall–Kier alpha value is -1.22. The lowest BCUT2D eigenvalue weighted by molar-refractivity contribution is -0.157. The van der Waals surface area contributed by atoms with Gasteiger partial charge in [0, 0.05) is 10.6 Å². The standard InChI is InChI=1S/C18H26O2S/c1-7-12-18(5,17(3,4)16(19)20-6)13-21-15-10-8-14(2)9-11-15/h7-11H,1,12-13H2,2-6H3. The molecule has 1 unspecified atom stereocenters. The van der Waals surface area contributed by atoms with Gasteiger partial charge in [-0.1, -0.05) is 30.7 Å². The maximum atomic E-state index is 12.1. The molecule has 21 heavy (non-hydrogen) atoms. The van der Waals surface area contributed by atoms with E-state index in [-0.39, 0.29) is 11.4 Å². The summed E-state index contributed by atoms with van der Waals surface area (Å²) in [5.41, 5.74) is 0.480. The molecule has 116 valence electrons. The summed E-state index contributed by atoms with van der Waals surface area (Å²) < 4.78 is 4.99. The van der Waals surface area contributed by atoms with E-state index in [1.165, 1.54) is 17.6 Å². The van der Waals surface area contributed by atoms with Crippen molar-refractivity contribution in [2.24, 2.45) is 10.8 Å². The number of hydrogen-bond acceptors (Lipinski definition) is 3. The fourth-order valence-corrected chi connectivity index (χ4v) is 3.48. The molecular weight excluding hydrogens is 280 g/mol. The summed E-state index contributed by atoms with van der Waals surface area (Å²) in [6, 6.07) is 8.47. The van der Waals surface area contributed by atoms with Crippen LogP contribution in [0.3, 0.4) is 0 Å². The van der Waals surface area contributed by atoms with E-state index in [2.05, 4.69) is 44.7 Å². The molecule has 0 heterocycles. The van der Waals surface area contributed by atoms with E-state index in [1.807, 2.05) is 19.9 Å². The number of aryl methyl sites for hydroxylation is 1. The molecule has 0 saturated carbocycles. The maximum absolute atomic E-state index is 12.1. The predicted octanol–water partition coefficient (Wildman–Crippen LogP) is 4.87. The van der Waals surface area contributed by atoms with Crippen LogP contribution in [-0.2, 0) is 9.53 Å². The first-order chi connectivity index (χ1) is 9.76. The Balaban J connectivity index is 2.92. The number of carbonyl (C=O) groups excluding carboxylic acids is 1. The van der Waals surface area contributed by atoms with Gasteiger partial charge in [0.15, 0.2) is 0 Å². The minimum absolute atomic E-state index is 0.170. The van der Waals surface area contributed by atoms with Crippen molar-refractivity contribution in [3.05, 3.63) is 42.5 Å². The van der Waals surface area contributed by atoms with Crippen molar-refractivity contribution in [3.8, 4) is 0 Å². The minimum Gasteiger partial charge on any atom is -0.469 e. The van der Waals surface area contributed by atoms with Crippen LogP contribution in [0.2, 0.25) is 0 Å². The number of carbonyl (C=O) groups is 1. The highest BCUT2D eigenvalue weighted by molar-refractivity contribution is 7.99. The van der Waals surface area contributed by atoms with Crippen LogP contribution in [0.1, 0.15) is 32.8 Å². The van der Waals surface area contributed by atoms with E-state index in [4.69, 9.17) is 4.74 Å². The van der Waals surface area contributed by atoms with E-state index in [0.717, 1.165) is 12.2 Å². The Kier molecular flexibility index (Phi) is 6.09. The first-order valence-corrected chi connectivity index (χ1v) is 8.14. The zero-order chi connectivity index (χ0) is 16.1. The van der Waals surface area contributed by atoms with Gasteiger partial charge in [-0.2, -0.15) is 0 Å². The smallest absolute Gasteiger partial charge is 0.311 e. The normalized spacial score (nSPS) is 14.3. The maximum Gasteiger partial charge on any atom is 0.311 e. The van der Waals surface area contributed by atoms with Crippen LogP contribution in [0.4, 0.5) is 0 Å². The molecule has 0 aliphatic rings. The molecule has 1 rings (SSSR count). The molecule has 0 saturated heterocycles. The van der Waals surface area contributed by atoms with Crippen LogP contribution in [-0.4, -0.2) is 18.8 Å². The molecular formula is C18H26O2S. The lowest BCUT2D eigenvalue weighted by Crippen LogP contribution is -2.44. The van der Waals surface area contributed by atoms with Crippen LogP contribution >= 0.6 is 11.8 Å². The number of allylic oxidation sites excluding steroid dienone is 1. The third-order valence-electron chi connectivity index (χ3n) is 4.38. The van der Waals surface area contributed by atoms with Gasteiger partial charge in [0.25, 0.3) is 0 Å². The molecule has 0 amide bonds. The second-order valence-corrected chi connectivity index (χ2v) is 7.32. The first-order valence-electron chi connectivity index (χ1n) is 7.15. The zero-order valence-corrected chi connectivity index (χ0v) is 14.5. The lowest BCUT2D eigenvalue weighted by Gasteiger charge is -2.41. The van der Waals surface area contributed by atoms with Crippen molar-refractivity contribution in [2.75, 3.05) is 12.9 Å². The quantitative estimate of drug-likeness (QED) is 0.408. The average molecular weight is 306 g/mol. The number of esters is 1. The van der Waals surface area contributed by atoms with E-state index >= 15 is 0 Å². The summed E-state index contributed by atoms with van der Waals surface area (Å²) >= 11 is 1.78. The summed E-state index contributed by atoms with van der Waals surface area (Å²) in [5, 5.41) is 0. The molecule has 1 atom stereocenters. The van der Waals surface area contributed by atoms with Gasteiger partial charge in [-0.15, -0.1) is 18.3 Å². The molecule has 1 aromatic carbocycles. The van der Waals surface area contributed by atoms with E-state index < -0.39 is 5.41 Å². The number of ether oxygens (including phenoxy) is 1. The second-order valence-electron chi connectivity index (χ2n) is 6.27. The van der Waals surface area contributed by atoms with Crippen LogP contribution in [0.25, 0.3) is 0 Å². The number of thioether (sulfide) groups is 1. The van der Waals surface area contributed by atoms with Gasteiger partial charge >= 0.3 is 5.97 Å². The zero-order valence-electron chi connectivity index (χ0n) is 13.7. The van der Waals surface area contributed by atoms with E-state index in [9.17, 15) is 4.79 Å². The van der Waals surface area contributed by atoms with Crippen molar-refractivity contribution in [3.63, 3.8) is 0 Å². The fourth-order valence-electron chi connectivity index (χ4n) is 2.19. The highest BCUT2D eigenvalue weighted by Gasteiger charge is 2.46. The Morgan fingerprint density at radius 3 is 2.33 bits per heavy atom. The molecule has 0 spiro atoms. The number of benzene rings is 1. The molecule has 2 nitrogen and oxygen atoms in total. The van der Waals surface area contributed by atoms with E-state index in [0.29, 0.717) is 0 Å². The van der Waals surface area contributed by atoms with Crippen LogP contribution in [0.5, 0.6) is 0 Å². The SMILES string of the molecule is C=CCC(C)(CSc1ccc(C)cc1)C(C)(C)C(=O)OC. The summed E-state index contributed by atoms with van der Waals surface area (Å²) in [4.78, 5) is 13.4. The fraction of sp³-hybridized carbons (Fsp3) is 0.500.